The van der Waals surface area contributed by atoms with Gasteiger partial charge >= 0.3 is 0 Å². The third-order valence-corrected chi connectivity index (χ3v) is 3.74. The normalized spacial score (nSPS) is 27.3. The van der Waals surface area contributed by atoms with Gasteiger partial charge in [0.05, 0.1) is 11.8 Å². The van der Waals surface area contributed by atoms with E-state index in [1.807, 2.05) is 6.20 Å². The van der Waals surface area contributed by atoms with Crippen LogP contribution in [0.25, 0.3) is 0 Å². The largest absolute Gasteiger partial charge is 0.245 e. The zero-order chi connectivity index (χ0) is 11.0. The van der Waals surface area contributed by atoms with Crippen molar-refractivity contribution in [2.45, 2.75) is 31.6 Å². The summed E-state index contributed by atoms with van der Waals surface area (Å²) in [7, 11) is 0. The van der Waals surface area contributed by atoms with Crippen LogP contribution in [-0.2, 0) is 6.42 Å². The second-order valence-electron chi connectivity index (χ2n) is 4.60. The van der Waals surface area contributed by atoms with Gasteiger partial charge in [0, 0.05) is 17.7 Å². The van der Waals surface area contributed by atoms with Gasteiger partial charge < -0.3 is 0 Å². The van der Waals surface area contributed by atoms with E-state index in [-0.39, 0.29) is 0 Å². The monoisotopic (exact) mass is 211 g/mol. The maximum Gasteiger partial charge on any atom is 0.115 e. The molecular formula is C13H13N3. The molecule has 1 aromatic heterocycles. The Kier molecular flexibility index (Phi) is 2.21. The third kappa shape index (κ3) is 1.42. The second-order valence-corrected chi connectivity index (χ2v) is 4.60. The SMILES string of the molecule is N#CC1=CC2c3ncncc3CCC2CC1. The number of fused-ring (bicyclic) bond motifs is 3. The molecule has 3 nitrogen and oxygen atoms in total. The Hall–Kier alpha value is -1.69. The average molecular weight is 211 g/mol. The summed E-state index contributed by atoms with van der Waals surface area (Å²) in [6, 6.07) is 2.29. The molecule has 0 spiro atoms. The lowest BCUT2D eigenvalue weighted by molar-refractivity contribution is 0.368. The molecule has 0 saturated heterocycles. The van der Waals surface area contributed by atoms with Crippen molar-refractivity contribution in [1.29, 1.82) is 5.26 Å². The van der Waals surface area contributed by atoms with Crippen molar-refractivity contribution in [3.63, 3.8) is 0 Å². The summed E-state index contributed by atoms with van der Waals surface area (Å²) in [6.45, 7) is 0. The van der Waals surface area contributed by atoms with Gasteiger partial charge in [0.1, 0.15) is 6.33 Å². The molecular weight excluding hydrogens is 198 g/mol. The van der Waals surface area contributed by atoms with Crippen molar-refractivity contribution in [3.05, 3.63) is 35.4 Å². The highest BCUT2D eigenvalue weighted by Crippen LogP contribution is 2.42. The number of aromatic nitrogens is 2. The van der Waals surface area contributed by atoms with Crippen LogP contribution in [0.15, 0.2) is 24.2 Å². The number of nitrogens with zero attached hydrogens (tertiary/aromatic N) is 3. The molecule has 0 bridgehead atoms. The van der Waals surface area contributed by atoms with Crippen LogP contribution in [0, 0.1) is 17.2 Å². The molecule has 0 amide bonds. The van der Waals surface area contributed by atoms with E-state index in [9.17, 15) is 0 Å². The zero-order valence-corrected chi connectivity index (χ0v) is 9.06. The van der Waals surface area contributed by atoms with E-state index in [0.717, 1.165) is 30.5 Å². The minimum Gasteiger partial charge on any atom is -0.245 e. The molecule has 80 valence electrons. The summed E-state index contributed by atoms with van der Waals surface area (Å²) in [6.07, 6.45) is 10.0. The van der Waals surface area contributed by atoms with E-state index < -0.39 is 0 Å². The molecule has 3 heteroatoms. The predicted octanol–water partition coefficient (Wildman–Crippen LogP) is 2.37. The highest BCUT2D eigenvalue weighted by atomic mass is 14.8. The highest BCUT2D eigenvalue weighted by molar-refractivity contribution is 5.35. The van der Waals surface area contributed by atoms with E-state index >= 15 is 0 Å². The molecule has 2 unspecified atom stereocenters. The Balaban J connectivity index is 2.06. The van der Waals surface area contributed by atoms with Crippen molar-refractivity contribution >= 4 is 0 Å². The lowest BCUT2D eigenvalue weighted by Crippen LogP contribution is -2.23. The Labute approximate surface area is 94.8 Å². The van der Waals surface area contributed by atoms with Gasteiger partial charge in [0.15, 0.2) is 0 Å². The molecule has 0 aliphatic heterocycles. The molecule has 0 radical (unpaired) electrons. The van der Waals surface area contributed by atoms with Crippen LogP contribution in [0.5, 0.6) is 0 Å². The standard InChI is InChI=1S/C13H13N3/c14-6-9-1-2-10-3-4-11-7-15-8-16-13(11)12(10)5-9/h5,7-8,10,12H,1-4H2. The Morgan fingerprint density at radius 1 is 1.31 bits per heavy atom. The van der Waals surface area contributed by atoms with Crippen LogP contribution in [0.3, 0.4) is 0 Å². The van der Waals surface area contributed by atoms with Crippen molar-refractivity contribution in [3.8, 4) is 6.07 Å². The van der Waals surface area contributed by atoms with Crippen LogP contribution >= 0.6 is 0 Å². The van der Waals surface area contributed by atoms with Crippen molar-refractivity contribution in [2.24, 2.45) is 5.92 Å². The van der Waals surface area contributed by atoms with Gasteiger partial charge in [0.2, 0.25) is 0 Å². The van der Waals surface area contributed by atoms with Crippen molar-refractivity contribution in [2.75, 3.05) is 0 Å². The van der Waals surface area contributed by atoms with Crippen LogP contribution in [-0.4, -0.2) is 9.97 Å². The van der Waals surface area contributed by atoms with Crippen LogP contribution in [0.2, 0.25) is 0 Å². The number of hydrogen-bond donors (Lipinski definition) is 0. The Morgan fingerprint density at radius 2 is 2.19 bits per heavy atom. The fourth-order valence-corrected chi connectivity index (χ4v) is 2.88. The van der Waals surface area contributed by atoms with Crippen LogP contribution in [0.1, 0.15) is 36.4 Å². The first-order valence-corrected chi connectivity index (χ1v) is 5.78. The second kappa shape index (κ2) is 3.71. The molecule has 0 saturated carbocycles. The fourth-order valence-electron chi connectivity index (χ4n) is 2.88. The third-order valence-electron chi connectivity index (χ3n) is 3.74. The molecule has 0 fully saturated rings. The lowest BCUT2D eigenvalue weighted by Gasteiger charge is -2.33. The number of nitriles is 1. The predicted molar refractivity (Wildman–Crippen MR) is 59.5 cm³/mol. The Morgan fingerprint density at radius 3 is 3.06 bits per heavy atom. The highest BCUT2D eigenvalue weighted by Gasteiger charge is 2.32. The summed E-state index contributed by atoms with van der Waals surface area (Å²) >= 11 is 0. The van der Waals surface area contributed by atoms with Crippen LogP contribution in [0.4, 0.5) is 0 Å². The fraction of sp³-hybridized carbons (Fsp3) is 0.462. The summed E-state index contributed by atoms with van der Waals surface area (Å²) in [4.78, 5) is 8.49. The molecule has 0 aromatic carbocycles. The molecule has 0 N–H and O–H groups in total. The van der Waals surface area contributed by atoms with Crippen LogP contribution < -0.4 is 0 Å². The van der Waals surface area contributed by atoms with Crippen molar-refractivity contribution < 1.29 is 0 Å². The molecule has 16 heavy (non-hydrogen) atoms. The quantitative estimate of drug-likeness (QED) is 0.662. The minimum atomic E-state index is 0.357. The number of allylic oxidation sites excluding steroid dienone is 2. The van der Waals surface area contributed by atoms with Gasteiger partial charge in [0.25, 0.3) is 0 Å². The number of rotatable bonds is 0. The van der Waals surface area contributed by atoms with Gasteiger partial charge in [-0.05, 0) is 37.2 Å². The van der Waals surface area contributed by atoms with E-state index in [1.54, 1.807) is 6.33 Å². The first-order chi connectivity index (χ1) is 7.88. The van der Waals surface area contributed by atoms with Crippen molar-refractivity contribution in [1.82, 2.24) is 9.97 Å². The molecule has 2 aliphatic rings. The molecule has 2 aliphatic carbocycles. The van der Waals surface area contributed by atoms with E-state index in [2.05, 4.69) is 22.1 Å². The summed E-state index contributed by atoms with van der Waals surface area (Å²) in [5.74, 6) is 1.04. The summed E-state index contributed by atoms with van der Waals surface area (Å²) < 4.78 is 0. The molecule has 3 rings (SSSR count). The molecule has 1 heterocycles. The maximum absolute atomic E-state index is 8.98. The summed E-state index contributed by atoms with van der Waals surface area (Å²) in [5, 5.41) is 8.98. The zero-order valence-electron chi connectivity index (χ0n) is 9.06. The minimum absolute atomic E-state index is 0.357. The van der Waals surface area contributed by atoms with Gasteiger partial charge in [-0.15, -0.1) is 0 Å². The maximum atomic E-state index is 8.98. The number of aryl methyl sites for hydroxylation is 1. The molecule has 1 aromatic rings. The van der Waals surface area contributed by atoms with Gasteiger partial charge in [-0.1, -0.05) is 6.08 Å². The smallest absolute Gasteiger partial charge is 0.115 e. The number of hydrogen-bond acceptors (Lipinski definition) is 3. The van der Waals surface area contributed by atoms with E-state index in [1.165, 1.54) is 12.0 Å². The van der Waals surface area contributed by atoms with E-state index in [4.69, 9.17) is 5.26 Å². The average Bonchev–Trinajstić information content (AvgIpc) is 2.38. The first-order valence-electron chi connectivity index (χ1n) is 5.78. The van der Waals surface area contributed by atoms with Gasteiger partial charge in [-0.3, -0.25) is 0 Å². The van der Waals surface area contributed by atoms with Gasteiger partial charge in [-0.25, -0.2) is 9.97 Å². The van der Waals surface area contributed by atoms with Gasteiger partial charge in [-0.2, -0.15) is 5.26 Å². The topological polar surface area (TPSA) is 49.6 Å². The lowest BCUT2D eigenvalue weighted by atomic mass is 9.72. The summed E-state index contributed by atoms with van der Waals surface area (Å²) in [5.41, 5.74) is 3.34. The Bertz CT molecular complexity index is 484. The first kappa shape index (κ1) is 9.53. The van der Waals surface area contributed by atoms with E-state index in [0.29, 0.717) is 11.8 Å². The molecule has 2 atom stereocenters.